The van der Waals surface area contributed by atoms with Crippen molar-refractivity contribution in [2.75, 3.05) is 6.61 Å². The van der Waals surface area contributed by atoms with Gasteiger partial charge in [-0.3, -0.25) is 4.98 Å². The molecule has 0 radical (unpaired) electrons. The van der Waals surface area contributed by atoms with Crippen LogP contribution in [0.4, 0.5) is 0 Å². The molecule has 0 unspecified atom stereocenters. The van der Waals surface area contributed by atoms with Crippen LogP contribution < -0.4 is 4.74 Å². The van der Waals surface area contributed by atoms with Gasteiger partial charge in [0.2, 0.25) is 5.88 Å². The molecule has 0 saturated carbocycles. The van der Waals surface area contributed by atoms with Crippen LogP contribution in [-0.2, 0) is 6.54 Å². The van der Waals surface area contributed by atoms with E-state index in [2.05, 4.69) is 10.1 Å². The molecule has 0 aliphatic carbocycles. The molecule has 1 N–H and O–H groups in total. The lowest BCUT2D eigenvalue weighted by Crippen LogP contribution is -2.15. The molecule has 0 amide bonds. The first-order chi connectivity index (χ1) is 8.77. The largest absolute Gasteiger partial charge is 0.477 e. The van der Waals surface area contributed by atoms with Crippen molar-refractivity contribution in [1.29, 1.82) is 0 Å². The number of rotatable bonds is 2. The number of carboxylic acids is 1. The molecular formula is C12H11N3O3. The standard InChI is InChI=1S/C12H11N3O3/c16-12(17)10-9(8-4-1-2-5-13-8)11-15(14-10)6-3-7-18-11/h1-2,4-5H,3,6-7H2,(H,16,17). The van der Waals surface area contributed by atoms with Gasteiger partial charge in [0.25, 0.3) is 0 Å². The van der Waals surface area contributed by atoms with Gasteiger partial charge in [-0.05, 0) is 12.1 Å². The minimum atomic E-state index is -1.07. The van der Waals surface area contributed by atoms with Crippen molar-refractivity contribution in [2.45, 2.75) is 13.0 Å². The van der Waals surface area contributed by atoms with Gasteiger partial charge >= 0.3 is 5.97 Å². The summed E-state index contributed by atoms with van der Waals surface area (Å²) >= 11 is 0. The van der Waals surface area contributed by atoms with E-state index in [1.807, 2.05) is 0 Å². The number of carbonyl (C=O) groups is 1. The highest BCUT2D eigenvalue weighted by molar-refractivity contribution is 5.95. The fraction of sp³-hybridized carbons (Fsp3) is 0.250. The van der Waals surface area contributed by atoms with Crippen molar-refractivity contribution in [3.8, 4) is 17.1 Å². The Kier molecular flexibility index (Phi) is 2.47. The van der Waals surface area contributed by atoms with Gasteiger partial charge in [0.15, 0.2) is 5.69 Å². The summed E-state index contributed by atoms with van der Waals surface area (Å²) < 4.78 is 7.13. The van der Waals surface area contributed by atoms with Crippen molar-refractivity contribution in [3.63, 3.8) is 0 Å². The molecule has 2 aromatic rings. The molecule has 0 aromatic carbocycles. The van der Waals surface area contributed by atoms with E-state index < -0.39 is 5.97 Å². The van der Waals surface area contributed by atoms with Gasteiger partial charge in [0.1, 0.15) is 0 Å². The zero-order chi connectivity index (χ0) is 12.5. The molecule has 18 heavy (non-hydrogen) atoms. The van der Waals surface area contributed by atoms with E-state index in [-0.39, 0.29) is 5.69 Å². The fourth-order valence-corrected chi connectivity index (χ4v) is 2.02. The molecule has 0 spiro atoms. The van der Waals surface area contributed by atoms with Gasteiger partial charge < -0.3 is 9.84 Å². The second-order valence-electron chi connectivity index (χ2n) is 3.97. The lowest BCUT2D eigenvalue weighted by Gasteiger charge is -2.15. The number of hydrogen-bond donors (Lipinski definition) is 1. The minimum Gasteiger partial charge on any atom is -0.477 e. The van der Waals surface area contributed by atoms with Gasteiger partial charge in [0.05, 0.1) is 17.9 Å². The quantitative estimate of drug-likeness (QED) is 0.865. The van der Waals surface area contributed by atoms with Gasteiger partial charge in [-0.15, -0.1) is 0 Å². The molecule has 6 nitrogen and oxygen atoms in total. The van der Waals surface area contributed by atoms with Crippen LogP contribution >= 0.6 is 0 Å². The Morgan fingerprint density at radius 1 is 1.44 bits per heavy atom. The van der Waals surface area contributed by atoms with Crippen LogP contribution in [0.2, 0.25) is 0 Å². The van der Waals surface area contributed by atoms with Crippen LogP contribution in [0, 0.1) is 0 Å². The van der Waals surface area contributed by atoms with Crippen LogP contribution in [-0.4, -0.2) is 32.4 Å². The maximum atomic E-state index is 11.3. The van der Waals surface area contributed by atoms with E-state index in [4.69, 9.17) is 4.74 Å². The summed E-state index contributed by atoms with van der Waals surface area (Å²) in [5, 5.41) is 13.3. The monoisotopic (exact) mass is 245 g/mol. The number of fused-ring (bicyclic) bond motifs is 1. The predicted octanol–water partition coefficient (Wildman–Crippen LogP) is 1.43. The average molecular weight is 245 g/mol. The number of carboxylic acid groups (broad SMARTS) is 1. The fourth-order valence-electron chi connectivity index (χ4n) is 2.02. The highest BCUT2D eigenvalue weighted by Crippen LogP contribution is 2.34. The molecule has 3 rings (SSSR count). The lowest BCUT2D eigenvalue weighted by atomic mass is 10.1. The number of pyridine rings is 1. The Labute approximate surface area is 103 Å². The summed E-state index contributed by atoms with van der Waals surface area (Å²) in [5.74, 6) is -0.571. The van der Waals surface area contributed by atoms with Gasteiger partial charge in [-0.2, -0.15) is 5.10 Å². The van der Waals surface area contributed by atoms with Gasteiger partial charge in [-0.25, -0.2) is 9.48 Å². The SMILES string of the molecule is O=C(O)c1nn2c(c1-c1ccccn1)OCCC2. The molecule has 1 aliphatic heterocycles. The van der Waals surface area contributed by atoms with E-state index >= 15 is 0 Å². The second kappa shape index (κ2) is 4.14. The van der Waals surface area contributed by atoms with Crippen LogP contribution in [0.15, 0.2) is 24.4 Å². The normalized spacial score (nSPS) is 13.8. The van der Waals surface area contributed by atoms with Crippen LogP contribution in [0.5, 0.6) is 5.88 Å². The first-order valence-electron chi connectivity index (χ1n) is 5.65. The Hall–Kier alpha value is -2.37. The first kappa shape index (κ1) is 10.8. The third kappa shape index (κ3) is 1.62. The maximum Gasteiger partial charge on any atom is 0.357 e. The van der Waals surface area contributed by atoms with E-state index in [0.717, 1.165) is 6.42 Å². The topological polar surface area (TPSA) is 77.2 Å². The highest BCUT2D eigenvalue weighted by atomic mass is 16.5. The molecule has 6 heteroatoms. The number of hydrogen-bond acceptors (Lipinski definition) is 4. The molecular weight excluding hydrogens is 234 g/mol. The molecule has 0 saturated heterocycles. The van der Waals surface area contributed by atoms with E-state index in [1.54, 1.807) is 29.1 Å². The number of nitrogens with zero attached hydrogens (tertiary/aromatic N) is 3. The summed E-state index contributed by atoms with van der Waals surface area (Å²) in [6.45, 7) is 1.24. The highest BCUT2D eigenvalue weighted by Gasteiger charge is 2.27. The number of aromatic nitrogens is 3. The lowest BCUT2D eigenvalue weighted by molar-refractivity contribution is 0.0690. The smallest absolute Gasteiger partial charge is 0.357 e. The average Bonchev–Trinajstić information content (AvgIpc) is 2.79. The van der Waals surface area contributed by atoms with Crippen LogP contribution in [0.25, 0.3) is 11.3 Å². The third-order valence-corrected chi connectivity index (χ3v) is 2.78. The van der Waals surface area contributed by atoms with E-state index in [0.29, 0.717) is 30.3 Å². The third-order valence-electron chi connectivity index (χ3n) is 2.78. The summed E-state index contributed by atoms with van der Waals surface area (Å²) in [6.07, 6.45) is 2.45. The summed E-state index contributed by atoms with van der Waals surface area (Å²) in [7, 11) is 0. The maximum absolute atomic E-state index is 11.3. The molecule has 1 aliphatic rings. The number of aromatic carboxylic acids is 1. The Bertz CT molecular complexity index is 592. The zero-order valence-corrected chi connectivity index (χ0v) is 9.54. The van der Waals surface area contributed by atoms with Crippen molar-refractivity contribution in [2.24, 2.45) is 0 Å². The van der Waals surface area contributed by atoms with Gasteiger partial charge in [0, 0.05) is 19.2 Å². The molecule has 92 valence electrons. The van der Waals surface area contributed by atoms with Crippen molar-refractivity contribution in [3.05, 3.63) is 30.1 Å². The minimum absolute atomic E-state index is 0.00870. The van der Waals surface area contributed by atoms with Crippen molar-refractivity contribution >= 4 is 5.97 Å². The second-order valence-corrected chi connectivity index (χ2v) is 3.97. The molecule has 0 atom stereocenters. The van der Waals surface area contributed by atoms with Crippen molar-refractivity contribution < 1.29 is 14.6 Å². The Morgan fingerprint density at radius 3 is 3.06 bits per heavy atom. The summed E-state index contributed by atoms with van der Waals surface area (Å²) in [6, 6.07) is 5.34. The molecule has 0 fully saturated rings. The first-order valence-corrected chi connectivity index (χ1v) is 5.65. The molecule has 3 heterocycles. The van der Waals surface area contributed by atoms with Crippen LogP contribution in [0.1, 0.15) is 16.9 Å². The zero-order valence-electron chi connectivity index (χ0n) is 9.54. The number of ether oxygens (including phenoxy) is 1. The van der Waals surface area contributed by atoms with Crippen LogP contribution in [0.3, 0.4) is 0 Å². The summed E-state index contributed by atoms with van der Waals surface area (Å²) in [4.78, 5) is 15.4. The Morgan fingerprint density at radius 2 is 2.33 bits per heavy atom. The predicted molar refractivity (Wildman–Crippen MR) is 62.5 cm³/mol. The Balaban J connectivity index is 2.23. The van der Waals surface area contributed by atoms with Gasteiger partial charge in [-0.1, -0.05) is 6.07 Å². The number of aryl methyl sites for hydroxylation is 1. The molecule has 2 aromatic heterocycles. The van der Waals surface area contributed by atoms with E-state index in [9.17, 15) is 9.90 Å². The van der Waals surface area contributed by atoms with Crippen molar-refractivity contribution in [1.82, 2.24) is 14.8 Å². The summed E-state index contributed by atoms with van der Waals surface area (Å²) in [5.41, 5.74) is 1.02. The molecule has 0 bridgehead atoms. The van der Waals surface area contributed by atoms with E-state index in [1.165, 1.54) is 0 Å².